The van der Waals surface area contributed by atoms with Crippen LogP contribution in [0.5, 0.6) is 0 Å². The molecule has 0 fully saturated rings. The van der Waals surface area contributed by atoms with Crippen LogP contribution in [-0.2, 0) is 13.1 Å². The molecule has 5 rings (SSSR count). The van der Waals surface area contributed by atoms with E-state index in [0.717, 1.165) is 23.4 Å². The molecular weight excluding hydrogens is 418 g/mol. The zero-order valence-corrected chi connectivity index (χ0v) is 18.3. The molecule has 2 aromatic heterocycles. The van der Waals surface area contributed by atoms with Gasteiger partial charge in [-0.25, -0.2) is 0 Å². The molecule has 160 valence electrons. The summed E-state index contributed by atoms with van der Waals surface area (Å²) in [5.74, 6) is -0.0670. The highest BCUT2D eigenvalue weighted by molar-refractivity contribution is 7.12. The van der Waals surface area contributed by atoms with E-state index in [1.807, 2.05) is 64.9 Å². The van der Waals surface area contributed by atoms with Gasteiger partial charge in [-0.1, -0.05) is 48.5 Å². The molecule has 0 spiro atoms. The zero-order valence-electron chi connectivity index (χ0n) is 17.5. The van der Waals surface area contributed by atoms with E-state index in [1.165, 1.54) is 11.3 Å². The SMILES string of the molecule is O=C(NCc1ccc(C(=O)N2CCn3cccc3C2c2ccccc2)cc1)c1cccs1. The van der Waals surface area contributed by atoms with E-state index in [4.69, 9.17) is 0 Å². The number of hydrogen-bond donors (Lipinski definition) is 1. The summed E-state index contributed by atoms with van der Waals surface area (Å²) in [4.78, 5) is 28.3. The maximum Gasteiger partial charge on any atom is 0.261 e. The molecule has 1 aliphatic heterocycles. The molecule has 6 heteroatoms. The Hall–Kier alpha value is -3.64. The Kier molecular flexibility index (Phi) is 5.60. The van der Waals surface area contributed by atoms with Crippen molar-refractivity contribution >= 4 is 23.2 Å². The molecule has 0 aliphatic carbocycles. The summed E-state index contributed by atoms with van der Waals surface area (Å²) in [5.41, 5.74) is 3.84. The number of nitrogens with one attached hydrogen (secondary N) is 1. The van der Waals surface area contributed by atoms with Crippen molar-refractivity contribution in [2.24, 2.45) is 0 Å². The first-order valence-electron chi connectivity index (χ1n) is 10.6. The monoisotopic (exact) mass is 441 g/mol. The largest absolute Gasteiger partial charge is 0.348 e. The van der Waals surface area contributed by atoms with Crippen molar-refractivity contribution in [1.29, 1.82) is 0 Å². The number of thiophene rings is 1. The van der Waals surface area contributed by atoms with Gasteiger partial charge in [0.15, 0.2) is 0 Å². The molecule has 2 amide bonds. The van der Waals surface area contributed by atoms with E-state index in [-0.39, 0.29) is 17.9 Å². The highest BCUT2D eigenvalue weighted by Crippen LogP contribution is 2.33. The summed E-state index contributed by atoms with van der Waals surface area (Å²) in [5, 5.41) is 4.81. The molecule has 1 unspecified atom stereocenters. The zero-order chi connectivity index (χ0) is 21.9. The number of aromatic nitrogens is 1. The van der Waals surface area contributed by atoms with E-state index in [0.29, 0.717) is 23.5 Å². The van der Waals surface area contributed by atoms with Crippen LogP contribution in [0.15, 0.2) is 90.4 Å². The minimum absolute atomic E-state index is 0.0143. The van der Waals surface area contributed by atoms with Crippen molar-refractivity contribution in [3.8, 4) is 0 Å². The Labute approximate surface area is 190 Å². The van der Waals surface area contributed by atoms with Crippen LogP contribution in [0.3, 0.4) is 0 Å². The fourth-order valence-corrected chi connectivity index (χ4v) is 4.84. The maximum atomic E-state index is 13.5. The quantitative estimate of drug-likeness (QED) is 0.487. The summed E-state index contributed by atoms with van der Waals surface area (Å²) < 4.78 is 2.22. The minimum Gasteiger partial charge on any atom is -0.348 e. The van der Waals surface area contributed by atoms with E-state index < -0.39 is 0 Å². The third-order valence-corrected chi connectivity index (χ3v) is 6.68. The summed E-state index contributed by atoms with van der Waals surface area (Å²) in [6.45, 7) is 1.86. The lowest BCUT2D eigenvalue weighted by atomic mass is 9.98. The van der Waals surface area contributed by atoms with Gasteiger partial charge in [0.05, 0.1) is 10.9 Å². The molecule has 0 radical (unpaired) electrons. The van der Waals surface area contributed by atoms with Gasteiger partial charge < -0.3 is 14.8 Å². The normalized spacial score (nSPS) is 15.2. The fourth-order valence-electron chi connectivity index (χ4n) is 4.20. The Balaban J connectivity index is 1.33. The summed E-state index contributed by atoms with van der Waals surface area (Å²) >= 11 is 1.42. The molecule has 4 aromatic rings. The lowest BCUT2D eigenvalue weighted by Gasteiger charge is -2.37. The van der Waals surface area contributed by atoms with Crippen LogP contribution in [0.4, 0.5) is 0 Å². The van der Waals surface area contributed by atoms with E-state index in [9.17, 15) is 9.59 Å². The molecule has 1 aliphatic rings. The summed E-state index contributed by atoms with van der Waals surface area (Å²) in [6.07, 6.45) is 2.08. The van der Waals surface area contributed by atoms with Crippen LogP contribution in [0.25, 0.3) is 0 Å². The van der Waals surface area contributed by atoms with Crippen molar-refractivity contribution < 1.29 is 9.59 Å². The van der Waals surface area contributed by atoms with Gasteiger partial charge in [0, 0.05) is 37.1 Å². The average Bonchev–Trinajstić information content (AvgIpc) is 3.55. The van der Waals surface area contributed by atoms with Crippen molar-refractivity contribution in [3.63, 3.8) is 0 Å². The van der Waals surface area contributed by atoms with Gasteiger partial charge in [-0.2, -0.15) is 0 Å². The predicted octanol–water partition coefficient (Wildman–Crippen LogP) is 4.73. The van der Waals surface area contributed by atoms with Crippen LogP contribution >= 0.6 is 11.3 Å². The fraction of sp³-hybridized carbons (Fsp3) is 0.154. The number of hydrogen-bond acceptors (Lipinski definition) is 3. The smallest absolute Gasteiger partial charge is 0.261 e. The molecule has 0 saturated heterocycles. The maximum absolute atomic E-state index is 13.5. The molecule has 2 aromatic carbocycles. The predicted molar refractivity (Wildman–Crippen MR) is 126 cm³/mol. The third kappa shape index (κ3) is 3.97. The number of fused-ring (bicyclic) bond motifs is 1. The number of rotatable bonds is 5. The van der Waals surface area contributed by atoms with Gasteiger partial charge >= 0.3 is 0 Å². The van der Waals surface area contributed by atoms with Crippen molar-refractivity contribution in [1.82, 2.24) is 14.8 Å². The Morgan fingerprint density at radius 3 is 2.47 bits per heavy atom. The topological polar surface area (TPSA) is 54.3 Å². The molecule has 32 heavy (non-hydrogen) atoms. The Bertz CT molecular complexity index is 1210. The summed E-state index contributed by atoms with van der Waals surface area (Å²) in [6, 6.07) is 25.4. The number of amides is 2. The molecular formula is C26H23N3O2S. The molecule has 1 atom stereocenters. The average molecular weight is 442 g/mol. The van der Waals surface area contributed by atoms with E-state index in [2.05, 4.69) is 34.3 Å². The van der Waals surface area contributed by atoms with Crippen molar-refractivity contribution in [3.05, 3.63) is 118 Å². The second-order valence-corrected chi connectivity index (χ2v) is 8.74. The Morgan fingerprint density at radius 2 is 1.72 bits per heavy atom. The third-order valence-electron chi connectivity index (χ3n) is 5.81. The van der Waals surface area contributed by atoms with Gasteiger partial charge in [0.25, 0.3) is 11.8 Å². The van der Waals surface area contributed by atoms with Gasteiger partial charge in [0.1, 0.15) is 0 Å². The van der Waals surface area contributed by atoms with Crippen molar-refractivity contribution in [2.75, 3.05) is 6.54 Å². The van der Waals surface area contributed by atoms with E-state index in [1.54, 1.807) is 6.07 Å². The number of carbonyl (C=O) groups is 2. The van der Waals surface area contributed by atoms with Crippen molar-refractivity contribution in [2.45, 2.75) is 19.1 Å². The lowest BCUT2D eigenvalue weighted by Crippen LogP contribution is -2.42. The first-order chi connectivity index (χ1) is 15.7. The Morgan fingerprint density at radius 1 is 0.906 bits per heavy atom. The van der Waals surface area contributed by atoms with Crippen LogP contribution < -0.4 is 5.32 Å². The second-order valence-electron chi connectivity index (χ2n) is 7.80. The van der Waals surface area contributed by atoms with Gasteiger partial charge in [-0.3, -0.25) is 9.59 Å². The summed E-state index contributed by atoms with van der Waals surface area (Å²) in [7, 11) is 0. The van der Waals surface area contributed by atoms with Gasteiger partial charge in [-0.15, -0.1) is 11.3 Å². The highest BCUT2D eigenvalue weighted by Gasteiger charge is 2.32. The van der Waals surface area contributed by atoms with Crippen LogP contribution in [0, 0.1) is 0 Å². The first kappa shape index (κ1) is 20.3. The first-order valence-corrected chi connectivity index (χ1v) is 11.5. The lowest BCUT2D eigenvalue weighted by molar-refractivity contribution is 0.0664. The molecule has 3 heterocycles. The number of carbonyl (C=O) groups excluding carboxylic acids is 2. The molecule has 0 bridgehead atoms. The molecule has 5 nitrogen and oxygen atoms in total. The number of benzene rings is 2. The minimum atomic E-state index is -0.114. The number of nitrogens with zero attached hydrogens (tertiary/aromatic N) is 2. The standard InChI is InChI=1S/C26H23N3O2S/c30-25(23-9-5-17-32-23)27-18-19-10-12-21(13-11-19)26(31)29-16-15-28-14-4-8-22(28)24(29)20-6-2-1-3-7-20/h1-14,17,24H,15-16,18H2,(H,27,30). The second kappa shape index (κ2) is 8.85. The van der Waals surface area contributed by atoms with Gasteiger partial charge in [0.2, 0.25) is 0 Å². The van der Waals surface area contributed by atoms with Crippen LogP contribution in [-0.4, -0.2) is 27.8 Å². The van der Waals surface area contributed by atoms with Gasteiger partial charge in [-0.05, 0) is 46.8 Å². The van der Waals surface area contributed by atoms with E-state index >= 15 is 0 Å². The molecule has 1 N–H and O–H groups in total. The van der Waals surface area contributed by atoms with Crippen LogP contribution in [0.2, 0.25) is 0 Å². The van der Waals surface area contributed by atoms with Crippen LogP contribution in [0.1, 0.15) is 42.9 Å². The highest BCUT2D eigenvalue weighted by atomic mass is 32.1. The molecule has 0 saturated carbocycles.